The third-order valence-electron chi connectivity index (χ3n) is 3.71. The van der Waals surface area contributed by atoms with E-state index in [4.69, 9.17) is 11.6 Å². The molecule has 0 aliphatic rings. The summed E-state index contributed by atoms with van der Waals surface area (Å²) in [4.78, 5) is 8.82. The van der Waals surface area contributed by atoms with Gasteiger partial charge in [-0.15, -0.1) is 10.2 Å². The number of hydrogen-bond acceptors (Lipinski definition) is 4. The second kappa shape index (κ2) is 4.74. The van der Waals surface area contributed by atoms with Crippen molar-refractivity contribution >= 4 is 28.4 Å². The van der Waals surface area contributed by atoms with Gasteiger partial charge >= 0.3 is 0 Å². The molecule has 108 valence electrons. The van der Waals surface area contributed by atoms with Gasteiger partial charge in [-0.3, -0.25) is 4.40 Å². The average Bonchev–Trinajstić information content (AvgIpc) is 2.93. The number of pyridine rings is 1. The molecule has 4 rings (SSSR count). The summed E-state index contributed by atoms with van der Waals surface area (Å²) in [5, 5.41) is 9.30. The zero-order valence-electron chi connectivity index (χ0n) is 12.1. The molecule has 0 unspecified atom stereocenters. The Kier molecular flexibility index (Phi) is 2.84. The van der Waals surface area contributed by atoms with Gasteiger partial charge in [0.05, 0.1) is 16.2 Å². The van der Waals surface area contributed by atoms with E-state index in [2.05, 4.69) is 20.2 Å². The smallest absolute Gasteiger partial charge is 0.183 e. The lowest BCUT2D eigenvalue weighted by Crippen LogP contribution is -1.99. The van der Waals surface area contributed by atoms with E-state index in [9.17, 15) is 0 Å². The van der Waals surface area contributed by atoms with Crippen molar-refractivity contribution in [2.45, 2.75) is 13.8 Å². The fraction of sp³-hybridized carbons (Fsp3) is 0.125. The second-order valence-corrected chi connectivity index (χ2v) is 5.56. The Balaban J connectivity index is 2.21. The van der Waals surface area contributed by atoms with Gasteiger partial charge in [-0.1, -0.05) is 23.7 Å². The summed E-state index contributed by atoms with van der Waals surface area (Å²) in [6.45, 7) is 3.91. The Hall–Kier alpha value is -2.53. The number of aromatic nitrogens is 5. The highest BCUT2D eigenvalue weighted by molar-refractivity contribution is 6.33. The summed E-state index contributed by atoms with van der Waals surface area (Å²) in [6.07, 6.45) is 1.73. The van der Waals surface area contributed by atoms with E-state index in [1.165, 1.54) is 0 Å². The van der Waals surface area contributed by atoms with Gasteiger partial charge < -0.3 is 0 Å². The molecule has 0 bridgehead atoms. The maximum absolute atomic E-state index is 6.40. The topological polar surface area (TPSA) is 56.0 Å². The standard InChI is InChI=1S/C16H12ClN5/c1-9-5-3-6-11(17)13(9)16-21-20-15-10(2)19-14-12(22(15)16)7-4-8-18-14/h3-8H,1-2H3. The van der Waals surface area contributed by atoms with Crippen molar-refractivity contribution in [2.75, 3.05) is 0 Å². The summed E-state index contributed by atoms with van der Waals surface area (Å²) in [5.41, 5.74) is 4.96. The van der Waals surface area contributed by atoms with Crippen LogP contribution < -0.4 is 0 Å². The molecule has 22 heavy (non-hydrogen) atoms. The van der Waals surface area contributed by atoms with Crippen LogP contribution in [-0.4, -0.2) is 24.6 Å². The van der Waals surface area contributed by atoms with Crippen molar-refractivity contribution in [3.05, 3.63) is 52.8 Å². The van der Waals surface area contributed by atoms with Gasteiger partial charge in [0.25, 0.3) is 0 Å². The monoisotopic (exact) mass is 309 g/mol. The molecule has 0 aliphatic heterocycles. The predicted octanol–water partition coefficient (Wildman–Crippen LogP) is 3.61. The largest absolute Gasteiger partial charge is 0.270 e. The van der Waals surface area contributed by atoms with E-state index < -0.39 is 0 Å². The fourth-order valence-corrected chi connectivity index (χ4v) is 2.99. The van der Waals surface area contributed by atoms with Gasteiger partial charge in [0.2, 0.25) is 0 Å². The summed E-state index contributed by atoms with van der Waals surface area (Å²) >= 11 is 6.40. The van der Waals surface area contributed by atoms with Gasteiger partial charge in [0, 0.05) is 11.8 Å². The van der Waals surface area contributed by atoms with Crippen LogP contribution in [0.3, 0.4) is 0 Å². The highest BCUT2D eigenvalue weighted by atomic mass is 35.5. The molecule has 0 amide bonds. The number of fused-ring (bicyclic) bond motifs is 3. The predicted molar refractivity (Wildman–Crippen MR) is 86.0 cm³/mol. The average molecular weight is 310 g/mol. The van der Waals surface area contributed by atoms with E-state index in [0.717, 1.165) is 28.0 Å². The number of rotatable bonds is 1. The Morgan fingerprint density at radius 1 is 1.05 bits per heavy atom. The maximum Gasteiger partial charge on any atom is 0.183 e. The molecule has 5 nitrogen and oxygen atoms in total. The van der Waals surface area contributed by atoms with Crippen molar-refractivity contribution in [1.29, 1.82) is 0 Å². The molecule has 4 aromatic rings. The van der Waals surface area contributed by atoms with Crippen molar-refractivity contribution in [2.24, 2.45) is 0 Å². The van der Waals surface area contributed by atoms with E-state index in [0.29, 0.717) is 16.5 Å². The minimum absolute atomic E-state index is 0.654. The second-order valence-electron chi connectivity index (χ2n) is 5.16. The molecular formula is C16H12ClN5. The molecule has 0 saturated carbocycles. The molecule has 1 aromatic carbocycles. The van der Waals surface area contributed by atoms with Crippen LogP contribution in [0.25, 0.3) is 28.2 Å². The lowest BCUT2D eigenvalue weighted by molar-refractivity contribution is 1.10. The van der Waals surface area contributed by atoms with Crippen LogP contribution in [0.2, 0.25) is 5.02 Å². The quantitative estimate of drug-likeness (QED) is 0.539. The van der Waals surface area contributed by atoms with Gasteiger partial charge in [-0.05, 0) is 37.6 Å². The maximum atomic E-state index is 6.40. The van der Waals surface area contributed by atoms with Crippen molar-refractivity contribution in [3.8, 4) is 11.4 Å². The highest BCUT2D eigenvalue weighted by Gasteiger charge is 2.18. The van der Waals surface area contributed by atoms with Crippen LogP contribution in [0.1, 0.15) is 11.3 Å². The van der Waals surface area contributed by atoms with Gasteiger partial charge in [0.15, 0.2) is 17.1 Å². The van der Waals surface area contributed by atoms with Crippen LogP contribution >= 0.6 is 11.6 Å². The molecule has 0 atom stereocenters. The number of aryl methyl sites for hydroxylation is 2. The normalized spacial score (nSPS) is 11.4. The first-order valence-electron chi connectivity index (χ1n) is 6.89. The highest BCUT2D eigenvalue weighted by Crippen LogP contribution is 2.31. The van der Waals surface area contributed by atoms with Gasteiger partial charge in [-0.2, -0.15) is 0 Å². The van der Waals surface area contributed by atoms with Crippen molar-refractivity contribution in [3.63, 3.8) is 0 Å². The van der Waals surface area contributed by atoms with Crippen LogP contribution in [0.15, 0.2) is 36.5 Å². The van der Waals surface area contributed by atoms with Crippen LogP contribution in [0.4, 0.5) is 0 Å². The Bertz CT molecular complexity index is 1000. The number of benzene rings is 1. The number of nitrogens with zero attached hydrogens (tertiary/aromatic N) is 5. The van der Waals surface area contributed by atoms with Crippen molar-refractivity contribution < 1.29 is 0 Å². The lowest BCUT2D eigenvalue weighted by Gasteiger charge is -2.09. The number of halogens is 1. The van der Waals surface area contributed by atoms with Crippen molar-refractivity contribution in [1.82, 2.24) is 24.6 Å². The molecular weight excluding hydrogens is 298 g/mol. The molecule has 0 aliphatic carbocycles. The first-order valence-corrected chi connectivity index (χ1v) is 7.26. The van der Waals surface area contributed by atoms with Crippen LogP contribution in [0, 0.1) is 13.8 Å². The molecule has 0 fully saturated rings. The molecule has 6 heteroatoms. The fourth-order valence-electron chi connectivity index (χ4n) is 2.68. The minimum atomic E-state index is 0.654. The summed E-state index contributed by atoms with van der Waals surface area (Å²) in [6, 6.07) is 9.63. The van der Waals surface area contributed by atoms with Gasteiger partial charge in [0.1, 0.15) is 0 Å². The molecule has 3 aromatic heterocycles. The summed E-state index contributed by atoms with van der Waals surface area (Å²) in [7, 11) is 0. The molecule has 0 radical (unpaired) electrons. The van der Waals surface area contributed by atoms with E-state index >= 15 is 0 Å². The van der Waals surface area contributed by atoms with Crippen LogP contribution in [0.5, 0.6) is 0 Å². The third-order valence-corrected chi connectivity index (χ3v) is 4.03. The van der Waals surface area contributed by atoms with Gasteiger partial charge in [-0.25, -0.2) is 9.97 Å². The zero-order chi connectivity index (χ0) is 15.3. The van der Waals surface area contributed by atoms with E-state index in [-0.39, 0.29) is 0 Å². The number of hydrogen-bond donors (Lipinski definition) is 0. The molecule has 0 N–H and O–H groups in total. The first kappa shape index (κ1) is 13.2. The Morgan fingerprint density at radius 3 is 2.73 bits per heavy atom. The lowest BCUT2D eigenvalue weighted by atomic mass is 10.1. The zero-order valence-corrected chi connectivity index (χ0v) is 12.8. The molecule has 3 heterocycles. The molecule has 0 spiro atoms. The Labute approximate surface area is 131 Å². The molecule has 0 saturated heterocycles. The van der Waals surface area contributed by atoms with Crippen LogP contribution in [-0.2, 0) is 0 Å². The third kappa shape index (κ3) is 1.79. The SMILES string of the molecule is Cc1cccc(Cl)c1-c1nnc2c(C)nc3ncccc3n12. The minimum Gasteiger partial charge on any atom is -0.270 e. The Morgan fingerprint density at radius 2 is 1.91 bits per heavy atom. The summed E-state index contributed by atoms with van der Waals surface area (Å²) < 4.78 is 1.97. The first-order chi connectivity index (χ1) is 10.7. The summed E-state index contributed by atoms with van der Waals surface area (Å²) in [5.74, 6) is 0.710. The van der Waals surface area contributed by atoms with E-state index in [1.54, 1.807) is 6.20 Å². The van der Waals surface area contributed by atoms with E-state index in [1.807, 2.05) is 48.6 Å².